The molecular weight excluding hydrogens is 266 g/mol. The van der Waals surface area contributed by atoms with Crippen LogP contribution in [0.5, 0.6) is 0 Å². The summed E-state index contributed by atoms with van der Waals surface area (Å²) in [5, 5.41) is 3.18. The zero-order chi connectivity index (χ0) is 14.9. The lowest BCUT2D eigenvalue weighted by molar-refractivity contribution is -0.130. The normalized spacial score (nSPS) is 15.3. The summed E-state index contributed by atoms with van der Waals surface area (Å²) in [5.74, 6) is 0.195. The van der Waals surface area contributed by atoms with Crippen LogP contribution in [0.15, 0.2) is 30.3 Å². The molecule has 21 heavy (non-hydrogen) atoms. The maximum absolute atomic E-state index is 12.1. The molecule has 0 bridgehead atoms. The van der Waals surface area contributed by atoms with Gasteiger partial charge in [-0.2, -0.15) is 0 Å². The first-order valence-corrected chi connectivity index (χ1v) is 7.58. The van der Waals surface area contributed by atoms with Crippen molar-refractivity contribution in [3.63, 3.8) is 0 Å². The molecule has 1 aromatic carbocycles. The van der Waals surface area contributed by atoms with E-state index in [1.165, 1.54) is 5.69 Å². The van der Waals surface area contributed by atoms with Crippen LogP contribution in [0, 0.1) is 0 Å². The van der Waals surface area contributed by atoms with Gasteiger partial charge in [-0.15, -0.1) is 0 Å². The quantitative estimate of drug-likeness (QED) is 0.760. The van der Waals surface area contributed by atoms with Gasteiger partial charge in [-0.3, -0.25) is 4.79 Å². The van der Waals surface area contributed by atoms with Gasteiger partial charge in [0.1, 0.15) is 0 Å². The lowest BCUT2D eigenvalue weighted by Crippen LogP contribution is -2.51. The fraction of sp³-hybridized carbons (Fsp3) is 0.562. The van der Waals surface area contributed by atoms with Crippen LogP contribution in [0.2, 0.25) is 0 Å². The number of anilines is 1. The molecule has 2 rings (SSSR count). The highest BCUT2D eigenvalue weighted by atomic mass is 16.5. The Morgan fingerprint density at radius 1 is 1.19 bits per heavy atom. The Labute approximate surface area is 126 Å². The van der Waals surface area contributed by atoms with E-state index in [9.17, 15) is 4.79 Å². The van der Waals surface area contributed by atoms with E-state index in [0.29, 0.717) is 6.54 Å². The number of hydrogen-bond acceptors (Lipinski definition) is 4. The number of benzene rings is 1. The lowest BCUT2D eigenvalue weighted by Gasteiger charge is -2.36. The molecule has 0 atom stereocenters. The SMILES string of the molecule is COCCCNCC(=O)N1CCN(c2ccccc2)CC1. The third kappa shape index (κ3) is 5.02. The molecule has 0 saturated carbocycles. The molecule has 0 unspecified atom stereocenters. The summed E-state index contributed by atoms with van der Waals surface area (Å²) >= 11 is 0. The number of hydrogen-bond donors (Lipinski definition) is 1. The van der Waals surface area contributed by atoms with Gasteiger partial charge in [0, 0.05) is 45.6 Å². The van der Waals surface area contributed by atoms with Crippen LogP contribution >= 0.6 is 0 Å². The first-order chi connectivity index (χ1) is 10.3. The summed E-state index contributed by atoms with van der Waals surface area (Å²) in [6, 6.07) is 10.4. The molecule has 5 nitrogen and oxygen atoms in total. The number of carbonyl (C=O) groups excluding carboxylic acids is 1. The largest absolute Gasteiger partial charge is 0.385 e. The van der Waals surface area contributed by atoms with Gasteiger partial charge in [-0.1, -0.05) is 18.2 Å². The first kappa shape index (κ1) is 15.8. The summed E-state index contributed by atoms with van der Waals surface area (Å²) in [7, 11) is 1.69. The number of carbonyl (C=O) groups is 1. The van der Waals surface area contributed by atoms with Gasteiger partial charge in [-0.25, -0.2) is 0 Å². The predicted molar refractivity (Wildman–Crippen MR) is 84.6 cm³/mol. The second kappa shape index (κ2) is 8.64. The molecular formula is C16H25N3O2. The number of ether oxygens (including phenoxy) is 1. The average molecular weight is 291 g/mol. The van der Waals surface area contributed by atoms with Crippen LogP contribution in [0.4, 0.5) is 5.69 Å². The van der Waals surface area contributed by atoms with E-state index in [1.807, 2.05) is 11.0 Å². The van der Waals surface area contributed by atoms with E-state index in [-0.39, 0.29) is 5.91 Å². The van der Waals surface area contributed by atoms with E-state index >= 15 is 0 Å². The van der Waals surface area contributed by atoms with Crippen LogP contribution < -0.4 is 10.2 Å². The minimum absolute atomic E-state index is 0.195. The van der Waals surface area contributed by atoms with Gasteiger partial charge < -0.3 is 19.9 Å². The van der Waals surface area contributed by atoms with Crippen molar-refractivity contribution in [2.75, 3.05) is 57.9 Å². The van der Waals surface area contributed by atoms with Gasteiger partial charge in [0.2, 0.25) is 5.91 Å². The Morgan fingerprint density at radius 3 is 2.57 bits per heavy atom. The fourth-order valence-electron chi connectivity index (χ4n) is 2.50. The monoisotopic (exact) mass is 291 g/mol. The smallest absolute Gasteiger partial charge is 0.236 e. The summed E-state index contributed by atoms with van der Waals surface area (Å²) < 4.78 is 4.98. The highest BCUT2D eigenvalue weighted by Crippen LogP contribution is 2.15. The summed E-state index contributed by atoms with van der Waals surface area (Å²) in [6.45, 7) is 5.38. The Bertz CT molecular complexity index is 417. The Balaban J connectivity index is 1.67. The van der Waals surface area contributed by atoms with Crippen molar-refractivity contribution in [1.82, 2.24) is 10.2 Å². The van der Waals surface area contributed by atoms with E-state index in [4.69, 9.17) is 4.74 Å². The topological polar surface area (TPSA) is 44.8 Å². The highest BCUT2D eigenvalue weighted by Gasteiger charge is 2.20. The molecule has 0 radical (unpaired) electrons. The molecule has 5 heteroatoms. The number of piperazine rings is 1. The molecule has 0 spiro atoms. The van der Waals surface area contributed by atoms with E-state index in [0.717, 1.165) is 45.8 Å². The zero-order valence-corrected chi connectivity index (χ0v) is 12.8. The molecule has 1 heterocycles. The van der Waals surface area contributed by atoms with Crippen molar-refractivity contribution < 1.29 is 9.53 Å². The van der Waals surface area contributed by atoms with Crippen molar-refractivity contribution in [2.24, 2.45) is 0 Å². The molecule has 1 aliphatic heterocycles. The van der Waals surface area contributed by atoms with Gasteiger partial charge in [0.25, 0.3) is 0 Å². The number of nitrogens with one attached hydrogen (secondary N) is 1. The standard InChI is InChI=1S/C16H25N3O2/c1-21-13-5-8-17-14-16(20)19-11-9-18(10-12-19)15-6-3-2-4-7-15/h2-4,6-7,17H,5,8-14H2,1H3. The van der Waals surface area contributed by atoms with Crippen molar-refractivity contribution in [3.8, 4) is 0 Å². The number of para-hydroxylation sites is 1. The average Bonchev–Trinajstić information content (AvgIpc) is 2.55. The molecule has 1 fully saturated rings. The van der Waals surface area contributed by atoms with E-state index < -0.39 is 0 Å². The Morgan fingerprint density at radius 2 is 1.90 bits per heavy atom. The van der Waals surface area contributed by atoms with Gasteiger partial charge in [-0.05, 0) is 25.1 Å². The van der Waals surface area contributed by atoms with Crippen LogP contribution in [0.3, 0.4) is 0 Å². The molecule has 0 aromatic heterocycles. The molecule has 116 valence electrons. The van der Waals surface area contributed by atoms with Crippen molar-refractivity contribution in [1.29, 1.82) is 0 Å². The molecule has 1 amide bonds. The van der Waals surface area contributed by atoms with Crippen molar-refractivity contribution in [2.45, 2.75) is 6.42 Å². The predicted octanol–water partition coefficient (Wildman–Crippen LogP) is 0.961. The van der Waals surface area contributed by atoms with Crippen LogP contribution in [0.25, 0.3) is 0 Å². The maximum Gasteiger partial charge on any atom is 0.236 e. The minimum atomic E-state index is 0.195. The number of amides is 1. The molecule has 1 N–H and O–H groups in total. The number of methoxy groups -OCH3 is 1. The maximum atomic E-state index is 12.1. The number of nitrogens with zero attached hydrogens (tertiary/aromatic N) is 2. The number of rotatable bonds is 7. The van der Waals surface area contributed by atoms with E-state index in [2.05, 4.69) is 34.5 Å². The summed E-state index contributed by atoms with van der Waals surface area (Å²) in [4.78, 5) is 16.4. The fourth-order valence-corrected chi connectivity index (χ4v) is 2.50. The zero-order valence-electron chi connectivity index (χ0n) is 12.8. The second-order valence-electron chi connectivity index (χ2n) is 5.23. The highest BCUT2D eigenvalue weighted by molar-refractivity contribution is 5.78. The molecule has 1 saturated heterocycles. The summed E-state index contributed by atoms with van der Waals surface area (Å²) in [6.07, 6.45) is 0.936. The third-order valence-electron chi connectivity index (χ3n) is 3.73. The minimum Gasteiger partial charge on any atom is -0.385 e. The Kier molecular flexibility index (Phi) is 6.50. The van der Waals surface area contributed by atoms with Crippen LogP contribution in [-0.4, -0.2) is 63.8 Å². The molecule has 0 aliphatic carbocycles. The van der Waals surface area contributed by atoms with Gasteiger partial charge in [0.05, 0.1) is 6.54 Å². The van der Waals surface area contributed by atoms with Crippen molar-refractivity contribution >= 4 is 11.6 Å². The van der Waals surface area contributed by atoms with Gasteiger partial charge in [0.15, 0.2) is 0 Å². The third-order valence-corrected chi connectivity index (χ3v) is 3.73. The van der Waals surface area contributed by atoms with Crippen LogP contribution in [0.1, 0.15) is 6.42 Å². The molecule has 1 aliphatic rings. The lowest BCUT2D eigenvalue weighted by atomic mass is 10.2. The molecule has 1 aromatic rings. The first-order valence-electron chi connectivity index (χ1n) is 7.58. The summed E-state index contributed by atoms with van der Waals surface area (Å²) in [5.41, 5.74) is 1.24. The Hall–Kier alpha value is -1.59. The second-order valence-corrected chi connectivity index (χ2v) is 5.23. The van der Waals surface area contributed by atoms with Gasteiger partial charge >= 0.3 is 0 Å². The van der Waals surface area contributed by atoms with Crippen LogP contribution in [-0.2, 0) is 9.53 Å². The van der Waals surface area contributed by atoms with Crippen molar-refractivity contribution in [3.05, 3.63) is 30.3 Å². The van der Waals surface area contributed by atoms with E-state index in [1.54, 1.807) is 7.11 Å².